The molecule has 2 rings (SSSR count). The Labute approximate surface area is 122 Å². The normalized spacial score (nSPS) is 11.6. The Balaban J connectivity index is 0.000000573. The second kappa shape index (κ2) is 9.51. The van der Waals surface area contributed by atoms with E-state index in [2.05, 4.69) is 25.8 Å². The Morgan fingerprint density at radius 1 is 1.26 bits per heavy atom. The van der Waals surface area contributed by atoms with E-state index in [0.717, 1.165) is 28.9 Å². The van der Waals surface area contributed by atoms with Crippen molar-refractivity contribution in [2.45, 2.75) is 27.2 Å². The van der Waals surface area contributed by atoms with Gasteiger partial charge in [-0.25, -0.2) is 0 Å². The molecule has 1 aliphatic carbocycles. The lowest BCUT2D eigenvalue weighted by atomic mass is 10.1. The van der Waals surface area contributed by atoms with Gasteiger partial charge in [0.05, 0.1) is 0 Å². The van der Waals surface area contributed by atoms with Crippen molar-refractivity contribution >= 4 is 18.2 Å². The van der Waals surface area contributed by atoms with Crippen LogP contribution in [-0.2, 0) is 6.42 Å². The van der Waals surface area contributed by atoms with Crippen LogP contribution in [0.25, 0.3) is 5.57 Å². The Bertz CT molecular complexity index is 458. The van der Waals surface area contributed by atoms with Gasteiger partial charge >= 0.3 is 0 Å². The van der Waals surface area contributed by atoms with E-state index in [4.69, 9.17) is 0 Å². The molecule has 1 aliphatic rings. The number of benzene rings is 1. The smallest absolute Gasteiger partial charge is 0.115 e. The molecule has 2 heteroatoms. The highest BCUT2D eigenvalue weighted by atomic mass is 32.1. The average Bonchev–Trinajstić information content (AvgIpc) is 2.78. The third-order valence-corrected chi connectivity index (χ3v) is 2.56. The van der Waals surface area contributed by atoms with Gasteiger partial charge in [-0.3, -0.25) is 0 Å². The molecule has 0 fully saturated rings. The van der Waals surface area contributed by atoms with E-state index in [1.165, 1.54) is 5.57 Å². The predicted octanol–water partition coefficient (Wildman–Crippen LogP) is 5.04. The van der Waals surface area contributed by atoms with E-state index < -0.39 is 0 Å². The Kier molecular flexibility index (Phi) is 8.81. The molecule has 0 radical (unpaired) electrons. The molecule has 0 aromatic heterocycles. The van der Waals surface area contributed by atoms with Gasteiger partial charge in [0.15, 0.2) is 0 Å². The SMILES string of the molecule is C=CC1=C(C=C)c2ccc(O)cc2C1.CC.CCS. The molecule has 1 N–H and O–H groups in total. The molecular weight excluding hydrogens is 252 g/mol. The molecule has 0 atom stereocenters. The van der Waals surface area contributed by atoms with Crippen LogP contribution in [0.3, 0.4) is 0 Å². The topological polar surface area (TPSA) is 20.2 Å². The molecule has 0 saturated carbocycles. The molecule has 19 heavy (non-hydrogen) atoms. The number of fused-ring (bicyclic) bond motifs is 1. The summed E-state index contributed by atoms with van der Waals surface area (Å²) in [6.45, 7) is 13.6. The van der Waals surface area contributed by atoms with Crippen molar-refractivity contribution < 1.29 is 5.11 Å². The molecule has 1 nitrogen and oxygen atoms in total. The average molecular weight is 276 g/mol. The van der Waals surface area contributed by atoms with Crippen LogP contribution < -0.4 is 0 Å². The van der Waals surface area contributed by atoms with Gasteiger partial charge in [0, 0.05) is 0 Å². The maximum Gasteiger partial charge on any atom is 0.115 e. The van der Waals surface area contributed by atoms with Gasteiger partial charge in [-0.05, 0) is 46.6 Å². The van der Waals surface area contributed by atoms with Crippen molar-refractivity contribution in [2.24, 2.45) is 0 Å². The van der Waals surface area contributed by atoms with E-state index in [1.54, 1.807) is 12.1 Å². The number of phenolic OH excluding ortho intramolecular Hbond substituents is 1. The lowest BCUT2D eigenvalue weighted by molar-refractivity contribution is 0.474. The highest BCUT2D eigenvalue weighted by molar-refractivity contribution is 7.80. The number of hydrogen-bond donors (Lipinski definition) is 2. The van der Waals surface area contributed by atoms with Gasteiger partial charge in [0.25, 0.3) is 0 Å². The summed E-state index contributed by atoms with van der Waals surface area (Å²) in [5, 5.41) is 9.34. The Morgan fingerprint density at radius 2 is 1.84 bits per heavy atom. The summed E-state index contributed by atoms with van der Waals surface area (Å²) in [6.07, 6.45) is 4.54. The van der Waals surface area contributed by atoms with E-state index in [1.807, 2.05) is 39.0 Å². The fourth-order valence-electron chi connectivity index (χ4n) is 1.89. The fourth-order valence-corrected chi connectivity index (χ4v) is 1.89. The largest absolute Gasteiger partial charge is 0.508 e. The summed E-state index contributed by atoms with van der Waals surface area (Å²) < 4.78 is 0. The quantitative estimate of drug-likeness (QED) is 0.725. The second-order valence-corrected chi connectivity index (χ2v) is 4.31. The van der Waals surface area contributed by atoms with Crippen molar-refractivity contribution in [3.63, 3.8) is 0 Å². The minimum absolute atomic E-state index is 0.317. The molecule has 0 amide bonds. The molecule has 0 unspecified atom stereocenters. The summed E-state index contributed by atoms with van der Waals surface area (Å²) in [4.78, 5) is 0. The van der Waals surface area contributed by atoms with E-state index >= 15 is 0 Å². The van der Waals surface area contributed by atoms with Gasteiger partial charge in [-0.15, -0.1) is 0 Å². The van der Waals surface area contributed by atoms with Crippen LogP contribution >= 0.6 is 12.6 Å². The van der Waals surface area contributed by atoms with E-state index in [0.29, 0.717) is 5.75 Å². The molecule has 1 aromatic rings. The summed E-state index contributed by atoms with van der Waals surface area (Å²) in [5.41, 5.74) is 4.62. The third kappa shape index (κ3) is 4.64. The second-order valence-electron chi connectivity index (χ2n) is 3.68. The van der Waals surface area contributed by atoms with Gasteiger partial charge < -0.3 is 5.11 Å². The molecule has 0 aliphatic heterocycles. The minimum Gasteiger partial charge on any atom is -0.508 e. The predicted molar refractivity (Wildman–Crippen MR) is 90.0 cm³/mol. The number of rotatable bonds is 2. The first kappa shape index (κ1) is 17.6. The summed E-state index contributed by atoms with van der Waals surface area (Å²) in [5.74, 6) is 1.26. The van der Waals surface area contributed by atoms with E-state index in [-0.39, 0.29) is 0 Å². The fraction of sp³-hybridized carbons (Fsp3) is 0.294. The van der Waals surface area contributed by atoms with Crippen molar-refractivity contribution in [3.8, 4) is 5.75 Å². The molecule has 104 valence electrons. The molecule has 1 aromatic carbocycles. The van der Waals surface area contributed by atoms with Gasteiger partial charge in [0.2, 0.25) is 0 Å². The zero-order chi connectivity index (χ0) is 14.8. The first-order valence-electron chi connectivity index (χ1n) is 6.59. The molecular formula is C17H24OS. The van der Waals surface area contributed by atoms with Crippen LogP contribution in [0.15, 0.2) is 49.1 Å². The summed E-state index contributed by atoms with van der Waals surface area (Å²) >= 11 is 3.79. The lowest BCUT2D eigenvalue weighted by Gasteiger charge is -2.01. The van der Waals surface area contributed by atoms with Crippen molar-refractivity contribution in [2.75, 3.05) is 5.75 Å². The van der Waals surface area contributed by atoms with Crippen LogP contribution in [0.4, 0.5) is 0 Å². The summed E-state index contributed by atoms with van der Waals surface area (Å²) in [6, 6.07) is 5.43. The zero-order valence-corrected chi connectivity index (χ0v) is 13.0. The number of thiol groups is 1. The number of aromatic hydroxyl groups is 1. The van der Waals surface area contributed by atoms with Crippen molar-refractivity contribution in [1.82, 2.24) is 0 Å². The summed E-state index contributed by atoms with van der Waals surface area (Å²) in [7, 11) is 0. The lowest BCUT2D eigenvalue weighted by Crippen LogP contribution is -1.82. The van der Waals surface area contributed by atoms with Gasteiger partial charge in [-0.2, -0.15) is 12.6 Å². The first-order chi connectivity index (χ1) is 9.17. The molecule has 0 bridgehead atoms. The van der Waals surface area contributed by atoms with Crippen molar-refractivity contribution in [3.05, 3.63) is 60.2 Å². The van der Waals surface area contributed by atoms with Crippen LogP contribution in [0, 0.1) is 0 Å². The molecule has 0 spiro atoms. The van der Waals surface area contributed by atoms with Crippen LogP contribution in [0.2, 0.25) is 0 Å². The van der Waals surface area contributed by atoms with Crippen LogP contribution in [-0.4, -0.2) is 10.9 Å². The Hall–Kier alpha value is -1.41. The number of allylic oxidation sites excluding steroid dienone is 4. The van der Waals surface area contributed by atoms with Gasteiger partial charge in [0.1, 0.15) is 5.75 Å². The molecule has 0 heterocycles. The van der Waals surface area contributed by atoms with E-state index in [9.17, 15) is 5.11 Å². The number of hydrogen-bond acceptors (Lipinski definition) is 2. The molecule has 0 saturated heterocycles. The minimum atomic E-state index is 0.317. The third-order valence-electron chi connectivity index (χ3n) is 2.56. The highest BCUT2D eigenvalue weighted by Crippen LogP contribution is 2.35. The maximum absolute atomic E-state index is 9.34. The number of phenols is 1. The Morgan fingerprint density at radius 3 is 2.32 bits per heavy atom. The van der Waals surface area contributed by atoms with Crippen LogP contribution in [0.5, 0.6) is 5.75 Å². The van der Waals surface area contributed by atoms with Crippen LogP contribution in [0.1, 0.15) is 31.9 Å². The highest BCUT2D eigenvalue weighted by Gasteiger charge is 2.17. The first-order valence-corrected chi connectivity index (χ1v) is 7.22. The van der Waals surface area contributed by atoms with Gasteiger partial charge in [-0.1, -0.05) is 52.1 Å². The van der Waals surface area contributed by atoms with Crippen molar-refractivity contribution in [1.29, 1.82) is 0 Å². The zero-order valence-electron chi connectivity index (χ0n) is 12.1. The standard InChI is InChI=1S/C13H12O.C2H6S.C2H6/c1-3-9-7-10-8-11(14)5-6-13(10)12(9)4-2;1-2-3;1-2/h3-6,8,14H,1-2,7H2;3H,2H2,1H3;1-2H3. The monoisotopic (exact) mass is 276 g/mol. The maximum atomic E-state index is 9.34.